The number of carbonyl (C=O) groups is 2. The van der Waals surface area contributed by atoms with Crippen LogP contribution in [-0.4, -0.2) is 37.7 Å². The molecule has 0 spiro atoms. The minimum atomic E-state index is -0.755. The average molecular weight is 433 g/mol. The number of Topliss-reactive ketones (excluding diaryl/α,β-unsaturated/α-hetero) is 1. The normalized spacial score (nSPS) is 17.9. The van der Waals surface area contributed by atoms with E-state index in [2.05, 4.69) is 0 Å². The molecular weight excluding hydrogens is 410 g/mol. The Balaban J connectivity index is 1.92. The molecular formula is C24H23N3O5. The van der Waals surface area contributed by atoms with E-state index in [1.807, 2.05) is 49.0 Å². The number of nitro benzene ring substituents is 1. The third-order valence-electron chi connectivity index (χ3n) is 5.87. The van der Waals surface area contributed by atoms with Crippen molar-refractivity contribution in [3.8, 4) is 0 Å². The van der Waals surface area contributed by atoms with Gasteiger partial charge in [-0.25, -0.2) is 0 Å². The number of carbonyl (C=O) groups excluding carboxylic acids is 2. The Morgan fingerprint density at radius 2 is 1.81 bits per heavy atom. The van der Waals surface area contributed by atoms with Gasteiger partial charge in [-0.05, 0) is 24.6 Å². The molecule has 8 nitrogen and oxygen atoms in total. The zero-order valence-corrected chi connectivity index (χ0v) is 17.8. The van der Waals surface area contributed by atoms with Crippen LogP contribution in [0.25, 0.3) is 16.7 Å². The van der Waals surface area contributed by atoms with Crippen molar-refractivity contribution >= 4 is 34.0 Å². The standard InChI is InChI=1S/C24H23N3O5/c1-3-4-13-26-21(18-14-25(2)19-8-6-5-7-17(18)19)20(23(29)24(26)30)22(28)15-9-11-16(12-10-15)27(31)32/h5-12,14,21,28H,3-4,13H2,1-2H3/b22-20+. The molecule has 2 heterocycles. The molecule has 0 saturated carbocycles. The highest BCUT2D eigenvalue weighted by Crippen LogP contribution is 2.42. The Labute approximate surface area is 184 Å². The summed E-state index contributed by atoms with van der Waals surface area (Å²) in [5.74, 6) is -1.75. The Kier molecular flexibility index (Phi) is 5.52. The van der Waals surface area contributed by atoms with Gasteiger partial charge in [0.25, 0.3) is 17.4 Å². The number of benzene rings is 2. The van der Waals surface area contributed by atoms with Crippen molar-refractivity contribution in [1.82, 2.24) is 9.47 Å². The van der Waals surface area contributed by atoms with Gasteiger partial charge in [0, 0.05) is 54.0 Å². The minimum absolute atomic E-state index is 0.00342. The van der Waals surface area contributed by atoms with E-state index in [9.17, 15) is 24.8 Å². The molecule has 1 aromatic heterocycles. The van der Waals surface area contributed by atoms with E-state index in [4.69, 9.17) is 0 Å². The van der Waals surface area contributed by atoms with Crippen LogP contribution in [0, 0.1) is 10.1 Å². The van der Waals surface area contributed by atoms with E-state index in [0.717, 1.165) is 22.9 Å². The predicted octanol–water partition coefficient (Wildman–Crippen LogP) is 4.31. The van der Waals surface area contributed by atoms with Crippen LogP contribution in [0.2, 0.25) is 0 Å². The number of rotatable bonds is 6. The number of non-ortho nitro benzene ring substituents is 1. The van der Waals surface area contributed by atoms with Crippen LogP contribution in [0.1, 0.15) is 36.9 Å². The summed E-state index contributed by atoms with van der Waals surface area (Å²) in [4.78, 5) is 38.0. The van der Waals surface area contributed by atoms with Crippen molar-refractivity contribution in [1.29, 1.82) is 0 Å². The average Bonchev–Trinajstić information content (AvgIpc) is 3.25. The van der Waals surface area contributed by atoms with Gasteiger partial charge < -0.3 is 14.6 Å². The fourth-order valence-corrected chi connectivity index (χ4v) is 4.25. The van der Waals surface area contributed by atoms with E-state index in [1.54, 1.807) is 0 Å². The minimum Gasteiger partial charge on any atom is -0.507 e. The number of unbranched alkanes of at least 4 members (excludes halogenated alkanes) is 1. The maximum atomic E-state index is 13.1. The van der Waals surface area contributed by atoms with E-state index in [-0.39, 0.29) is 22.6 Å². The molecule has 32 heavy (non-hydrogen) atoms. The quantitative estimate of drug-likeness (QED) is 0.205. The number of nitrogens with zero attached hydrogens (tertiary/aromatic N) is 3. The van der Waals surface area contributed by atoms with Gasteiger partial charge in [0.05, 0.1) is 16.5 Å². The molecule has 0 bridgehead atoms. The zero-order valence-electron chi connectivity index (χ0n) is 17.8. The third-order valence-corrected chi connectivity index (χ3v) is 5.87. The number of aliphatic hydroxyl groups excluding tert-OH is 1. The summed E-state index contributed by atoms with van der Waals surface area (Å²) in [6.07, 6.45) is 3.43. The summed E-state index contributed by atoms with van der Waals surface area (Å²) in [6.45, 7) is 2.38. The summed E-state index contributed by atoms with van der Waals surface area (Å²) < 4.78 is 1.93. The topological polar surface area (TPSA) is 106 Å². The van der Waals surface area contributed by atoms with Crippen LogP contribution in [0.3, 0.4) is 0 Å². The van der Waals surface area contributed by atoms with Gasteiger partial charge in [0.1, 0.15) is 5.76 Å². The summed E-state index contributed by atoms with van der Waals surface area (Å²) in [5.41, 5.74) is 1.81. The first-order valence-corrected chi connectivity index (χ1v) is 10.4. The lowest BCUT2D eigenvalue weighted by Crippen LogP contribution is -2.30. The summed E-state index contributed by atoms with van der Waals surface area (Å²) in [7, 11) is 1.89. The fourth-order valence-electron chi connectivity index (χ4n) is 4.25. The molecule has 0 radical (unpaired) electrons. The van der Waals surface area contributed by atoms with E-state index >= 15 is 0 Å². The van der Waals surface area contributed by atoms with Crippen LogP contribution < -0.4 is 0 Å². The number of aliphatic hydroxyl groups is 1. The second-order valence-corrected chi connectivity index (χ2v) is 7.86. The second kappa shape index (κ2) is 8.30. The number of ketones is 1. The zero-order chi connectivity index (χ0) is 23.0. The molecule has 4 rings (SSSR count). The molecule has 2 aromatic carbocycles. The van der Waals surface area contributed by atoms with Gasteiger partial charge in [-0.1, -0.05) is 31.5 Å². The van der Waals surface area contributed by atoms with Gasteiger partial charge in [-0.3, -0.25) is 19.7 Å². The van der Waals surface area contributed by atoms with E-state index in [1.165, 1.54) is 29.2 Å². The van der Waals surface area contributed by atoms with Crippen molar-refractivity contribution in [3.63, 3.8) is 0 Å². The molecule has 8 heteroatoms. The number of likely N-dealkylation sites (tertiary alicyclic amines) is 1. The van der Waals surface area contributed by atoms with Gasteiger partial charge in [0.2, 0.25) is 0 Å². The molecule has 1 N–H and O–H groups in total. The van der Waals surface area contributed by atoms with E-state index in [0.29, 0.717) is 13.0 Å². The Morgan fingerprint density at radius 1 is 1.12 bits per heavy atom. The lowest BCUT2D eigenvalue weighted by Gasteiger charge is -2.24. The van der Waals surface area contributed by atoms with Gasteiger partial charge in [-0.2, -0.15) is 0 Å². The number of fused-ring (bicyclic) bond motifs is 1. The smallest absolute Gasteiger partial charge is 0.295 e. The lowest BCUT2D eigenvalue weighted by atomic mass is 9.95. The maximum absolute atomic E-state index is 13.1. The molecule has 1 fully saturated rings. The van der Waals surface area contributed by atoms with Crippen molar-refractivity contribution in [3.05, 3.63) is 81.5 Å². The van der Waals surface area contributed by atoms with Crippen molar-refractivity contribution in [2.75, 3.05) is 6.54 Å². The highest BCUT2D eigenvalue weighted by molar-refractivity contribution is 6.46. The van der Waals surface area contributed by atoms with Crippen LogP contribution in [0.4, 0.5) is 5.69 Å². The number of nitro groups is 1. The molecule has 3 aromatic rings. The first-order valence-electron chi connectivity index (χ1n) is 10.4. The molecule has 1 aliphatic heterocycles. The summed E-state index contributed by atoms with van der Waals surface area (Å²) in [6, 6.07) is 12.2. The Morgan fingerprint density at radius 3 is 2.47 bits per heavy atom. The number of amides is 1. The fraction of sp³-hybridized carbons (Fsp3) is 0.250. The van der Waals surface area contributed by atoms with Crippen LogP contribution in [0.5, 0.6) is 0 Å². The third kappa shape index (κ3) is 3.43. The number of para-hydroxylation sites is 1. The monoisotopic (exact) mass is 433 g/mol. The molecule has 1 unspecified atom stereocenters. The summed E-state index contributed by atoms with van der Waals surface area (Å²) in [5, 5.41) is 22.9. The Hall–Kier alpha value is -3.94. The molecule has 1 aliphatic rings. The molecule has 164 valence electrons. The van der Waals surface area contributed by atoms with E-state index < -0.39 is 22.7 Å². The number of aromatic nitrogens is 1. The number of hydrogen-bond donors (Lipinski definition) is 1. The van der Waals surface area contributed by atoms with Crippen LogP contribution in [0.15, 0.2) is 60.3 Å². The first-order chi connectivity index (χ1) is 15.3. The maximum Gasteiger partial charge on any atom is 0.295 e. The first kappa shape index (κ1) is 21.3. The number of hydrogen-bond acceptors (Lipinski definition) is 5. The highest BCUT2D eigenvalue weighted by atomic mass is 16.6. The van der Waals surface area contributed by atoms with Crippen molar-refractivity contribution in [2.45, 2.75) is 25.8 Å². The molecule has 1 atom stereocenters. The molecule has 1 amide bonds. The summed E-state index contributed by atoms with van der Waals surface area (Å²) >= 11 is 0. The largest absolute Gasteiger partial charge is 0.507 e. The highest BCUT2D eigenvalue weighted by Gasteiger charge is 2.46. The van der Waals surface area contributed by atoms with Gasteiger partial charge in [0.15, 0.2) is 0 Å². The van der Waals surface area contributed by atoms with Gasteiger partial charge >= 0.3 is 0 Å². The predicted molar refractivity (Wildman–Crippen MR) is 120 cm³/mol. The number of aryl methyl sites for hydroxylation is 1. The molecule has 0 aliphatic carbocycles. The lowest BCUT2D eigenvalue weighted by molar-refractivity contribution is -0.384. The van der Waals surface area contributed by atoms with Crippen molar-refractivity contribution in [2.24, 2.45) is 7.05 Å². The second-order valence-electron chi connectivity index (χ2n) is 7.86. The van der Waals surface area contributed by atoms with Crippen LogP contribution >= 0.6 is 0 Å². The van der Waals surface area contributed by atoms with Crippen LogP contribution in [-0.2, 0) is 16.6 Å². The van der Waals surface area contributed by atoms with Gasteiger partial charge in [-0.15, -0.1) is 0 Å². The van der Waals surface area contributed by atoms with Crippen molar-refractivity contribution < 1.29 is 19.6 Å². The molecule has 1 saturated heterocycles. The SMILES string of the molecule is CCCCN1C(=O)C(=O)/C(=C(/O)c2ccc([N+](=O)[O-])cc2)C1c1cn(C)c2ccccc12. The Bertz CT molecular complexity index is 1260.